The van der Waals surface area contributed by atoms with Crippen LogP contribution in [0.1, 0.15) is 24.9 Å². The van der Waals surface area contributed by atoms with E-state index in [0.29, 0.717) is 30.1 Å². The Morgan fingerprint density at radius 3 is 2.53 bits per heavy atom. The highest BCUT2D eigenvalue weighted by Gasteiger charge is 2.45. The number of ether oxygens (including phenoxy) is 1. The zero-order valence-corrected chi connectivity index (χ0v) is 18.3. The number of hydrogen-bond donors (Lipinski definition) is 5. The Balaban J connectivity index is 0.000000654. The molecule has 0 bridgehead atoms. The molecule has 32 heavy (non-hydrogen) atoms. The second-order valence-electron chi connectivity index (χ2n) is 7.25. The standard InChI is InChI=1S/C16H27N7O4.H2O4S/c1-8-21-11-14(18)19-7-20-15(11)23(8)16-13(26)12(25)9(27-16)6-10(24)22(2)5-3-4-17;1-5(2,3)4/h7,9-10,12-13,16,24-26H,3-6,17H2,1-2H3,(H2,18,19,20);(H2,1,2,3,4)/p-2/t9-,10?,12-,13-,16-;/m1./s1. The summed E-state index contributed by atoms with van der Waals surface area (Å²) in [7, 11) is -3.40. The summed E-state index contributed by atoms with van der Waals surface area (Å²) in [6, 6.07) is 0. The summed E-state index contributed by atoms with van der Waals surface area (Å²) in [4.78, 5) is 14.2. The van der Waals surface area contributed by atoms with Crippen molar-refractivity contribution in [3.63, 3.8) is 0 Å². The SMILES string of the molecule is Cc1nc2c(N)ncnc2n1[C@@H]1O[C@H](CC(O)N(C)CCCN)[C@@H](O)[C@H]1O.O=S(=O)([O-])[O-]. The Kier molecular flexibility index (Phi) is 8.80. The highest BCUT2D eigenvalue weighted by atomic mass is 32.3. The van der Waals surface area contributed by atoms with Crippen LogP contribution in [-0.4, -0.2) is 102 Å². The molecule has 0 aliphatic carbocycles. The molecule has 0 aromatic carbocycles. The molecule has 1 fully saturated rings. The van der Waals surface area contributed by atoms with E-state index in [1.54, 1.807) is 23.4 Å². The van der Waals surface area contributed by atoms with Gasteiger partial charge < -0.3 is 40.6 Å². The van der Waals surface area contributed by atoms with Crippen LogP contribution in [-0.2, 0) is 15.1 Å². The number of rotatable bonds is 7. The fraction of sp³-hybridized carbons (Fsp3) is 0.688. The van der Waals surface area contributed by atoms with Crippen molar-refractivity contribution in [2.75, 3.05) is 25.9 Å². The first-order valence-corrected chi connectivity index (χ1v) is 10.9. The molecule has 3 rings (SSSR count). The topological polar surface area (TPSA) is 249 Å². The van der Waals surface area contributed by atoms with Crippen molar-refractivity contribution in [2.24, 2.45) is 5.73 Å². The zero-order chi connectivity index (χ0) is 24.2. The van der Waals surface area contributed by atoms with Gasteiger partial charge in [-0.3, -0.25) is 17.9 Å². The molecule has 1 aliphatic rings. The summed E-state index contributed by atoms with van der Waals surface area (Å²) in [6.07, 6.45) is -2.66. The van der Waals surface area contributed by atoms with Crippen molar-refractivity contribution in [3.8, 4) is 0 Å². The number of aliphatic hydroxyl groups excluding tert-OH is 3. The number of nitrogens with two attached hydrogens (primary N) is 2. The van der Waals surface area contributed by atoms with Crippen molar-refractivity contribution in [3.05, 3.63) is 12.2 Å². The molecule has 5 atom stereocenters. The van der Waals surface area contributed by atoms with Gasteiger partial charge in [-0.1, -0.05) is 0 Å². The van der Waals surface area contributed by atoms with E-state index in [-0.39, 0.29) is 12.2 Å². The molecule has 0 spiro atoms. The number of anilines is 1. The van der Waals surface area contributed by atoms with Gasteiger partial charge in [0.2, 0.25) is 0 Å². The smallest absolute Gasteiger partial charge is 0.167 e. The monoisotopic (exact) mass is 477 g/mol. The Labute approximate surface area is 184 Å². The molecule has 1 saturated heterocycles. The van der Waals surface area contributed by atoms with Crippen molar-refractivity contribution < 1.29 is 37.6 Å². The third-order valence-corrected chi connectivity index (χ3v) is 4.94. The van der Waals surface area contributed by atoms with E-state index >= 15 is 0 Å². The van der Waals surface area contributed by atoms with E-state index in [9.17, 15) is 15.3 Å². The minimum atomic E-state index is -5.17. The molecule has 0 amide bonds. The van der Waals surface area contributed by atoms with Crippen LogP contribution in [0.25, 0.3) is 11.2 Å². The number of hydrogen-bond acceptors (Lipinski definition) is 14. The number of nitrogen functional groups attached to an aromatic ring is 1. The lowest BCUT2D eigenvalue weighted by atomic mass is 10.1. The Morgan fingerprint density at radius 1 is 1.31 bits per heavy atom. The minimum Gasteiger partial charge on any atom is -0.759 e. The Hall–Kier alpha value is -2.02. The first-order valence-electron chi connectivity index (χ1n) is 9.56. The second-order valence-corrected chi connectivity index (χ2v) is 8.07. The third kappa shape index (κ3) is 6.50. The average molecular weight is 478 g/mol. The number of fused-ring (bicyclic) bond motifs is 1. The molecular formula is C16H27N7O8S-2. The number of aryl methyl sites for hydroxylation is 1. The van der Waals surface area contributed by atoms with Crippen molar-refractivity contribution in [2.45, 2.75) is 50.5 Å². The molecule has 3 heterocycles. The molecule has 7 N–H and O–H groups in total. The van der Waals surface area contributed by atoms with Crippen LogP contribution >= 0.6 is 0 Å². The molecule has 2 aromatic rings. The van der Waals surface area contributed by atoms with E-state index in [2.05, 4.69) is 15.0 Å². The van der Waals surface area contributed by atoms with Gasteiger partial charge in [-0.15, -0.1) is 0 Å². The van der Waals surface area contributed by atoms with Crippen molar-refractivity contribution >= 4 is 27.4 Å². The van der Waals surface area contributed by atoms with Crippen molar-refractivity contribution in [1.82, 2.24) is 24.4 Å². The van der Waals surface area contributed by atoms with Crippen LogP contribution in [0.4, 0.5) is 5.82 Å². The van der Waals surface area contributed by atoms with E-state index < -0.39 is 41.2 Å². The number of imidazole rings is 1. The molecule has 15 nitrogen and oxygen atoms in total. The van der Waals surface area contributed by atoms with E-state index in [1.807, 2.05) is 0 Å². The molecule has 16 heteroatoms. The summed E-state index contributed by atoms with van der Waals surface area (Å²) in [5.74, 6) is 0.748. The molecule has 0 radical (unpaired) electrons. The predicted octanol–water partition coefficient (Wildman–Crippen LogP) is -3.01. The predicted molar refractivity (Wildman–Crippen MR) is 108 cm³/mol. The summed E-state index contributed by atoms with van der Waals surface area (Å²) in [5.41, 5.74) is 12.1. The Morgan fingerprint density at radius 2 is 1.94 bits per heavy atom. The summed E-state index contributed by atoms with van der Waals surface area (Å²) in [6.45, 7) is 2.87. The number of aliphatic hydroxyl groups is 3. The lowest BCUT2D eigenvalue weighted by molar-refractivity contribution is -0.0742. The van der Waals surface area contributed by atoms with Crippen LogP contribution < -0.4 is 11.5 Å². The van der Waals surface area contributed by atoms with Crippen LogP contribution in [0, 0.1) is 6.92 Å². The van der Waals surface area contributed by atoms with Gasteiger partial charge in [0.15, 0.2) is 23.2 Å². The van der Waals surface area contributed by atoms with Crippen molar-refractivity contribution in [1.29, 1.82) is 0 Å². The lowest BCUT2D eigenvalue weighted by Crippen LogP contribution is -2.39. The highest BCUT2D eigenvalue weighted by molar-refractivity contribution is 7.79. The maximum atomic E-state index is 10.5. The van der Waals surface area contributed by atoms with Crippen LogP contribution in [0.15, 0.2) is 6.33 Å². The van der Waals surface area contributed by atoms with Gasteiger partial charge in [0, 0.05) is 23.4 Å². The fourth-order valence-electron chi connectivity index (χ4n) is 3.35. The minimum absolute atomic E-state index is 0.137. The van der Waals surface area contributed by atoms with Crippen LogP contribution in [0.5, 0.6) is 0 Å². The van der Waals surface area contributed by atoms with Gasteiger partial charge in [0.05, 0.1) is 6.10 Å². The molecule has 1 aliphatic heterocycles. The first kappa shape index (κ1) is 26.2. The zero-order valence-electron chi connectivity index (χ0n) is 17.5. The van der Waals surface area contributed by atoms with Crippen LogP contribution in [0.2, 0.25) is 0 Å². The van der Waals surface area contributed by atoms with E-state index in [4.69, 9.17) is 33.7 Å². The summed E-state index contributed by atoms with van der Waals surface area (Å²) < 4.78 is 41.6. The maximum Gasteiger partial charge on any atom is 0.167 e. The van der Waals surface area contributed by atoms with Gasteiger partial charge in [-0.25, -0.2) is 15.0 Å². The molecule has 0 saturated carbocycles. The van der Waals surface area contributed by atoms with E-state index in [1.165, 1.54) is 6.33 Å². The average Bonchev–Trinajstić information content (AvgIpc) is 3.16. The Bertz CT molecular complexity index is 996. The van der Waals surface area contributed by atoms with Gasteiger partial charge in [0.1, 0.15) is 30.6 Å². The normalized spacial score (nSPS) is 24.5. The maximum absolute atomic E-state index is 10.5. The second kappa shape index (κ2) is 10.7. The quantitative estimate of drug-likeness (QED) is 0.151. The van der Waals surface area contributed by atoms with Gasteiger partial charge in [0.25, 0.3) is 0 Å². The van der Waals surface area contributed by atoms with Gasteiger partial charge in [-0.2, -0.15) is 0 Å². The molecular weight excluding hydrogens is 450 g/mol. The molecule has 2 aromatic heterocycles. The third-order valence-electron chi connectivity index (χ3n) is 4.94. The van der Waals surface area contributed by atoms with Crippen LogP contribution in [0.3, 0.4) is 0 Å². The highest BCUT2D eigenvalue weighted by Crippen LogP contribution is 2.35. The molecule has 182 valence electrons. The largest absolute Gasteiger partial charge is 0.759 e. The lowest BCUT2D eigenvalue weighted by Gasteiger charge is -2.26. The van der Waals surface area contributed by atoms with Gasteiger partial charge >= 0.3 is 0 Å². The first-order chi connectivity index (χ1) is 14.8. The van der Waals surface area contributed by atoms with Gasteiger partial charge in [-0.05, 0) is 26.9 Å². The summed E-state index contributed by atoms with van der Waals surface area (Å²) in [5, 5.41) is 31.3. The summed E-state index contributed by atoms with van der Waals surface area (Å²) >= 11 is 0. The number of nitrogens with zero attached hydrogens (tertiary/aromatic N) is 5. The van der Waals surface area contributed by atoms with E-state index in [0.717, 1.165) is 6.42 Å². The fourth-order valence-corrected chi connectivity index (χ4v) is 3.35. The number of aromatic nitrogens is 4. The molecule has 1 unspecified atom stereocenters.